The van der Waals surface area contributed by atoms with E-state index in [2.05, 4.69) is 20.4 Å². The Labute approximate surface area is 158 Å². The molecule has 1 aliphatic rings. The van der Waals surface area contributed by atoms with Gasteiger partial charge in [-0.15, -0.1) is 5.10 Å². The molecule has 0 spiro atoms. The predicted molar refractivity (Wildman–Crippen MR) is 101 cm³/mol. The Morgan fingerprint density at radius 2 is 1.89 bits per heavy atom. The number of anilines is 1. The van der Waals surface area contributed by atoms with Gasteiger partial charge in [0, 0.05) is 42.0 Å². The van der Waals surface area contributed by atoms with E-state index in [1.807, 2.05) is 32.6 Å². The van der Waals surface area contributed by atoms with Crippen molar-refractivity contribution in [1.82, 2.24) is 29.8 Å². The van der Waals surface area contributed by atoms with Crippen molar-refractivity contribution in [2.75, 3.05) is 18.8 Å². The number of nitrogen functional groups attached to an aromatic ring is 1. The number of aryl methyl sites for hydroxylation is 2. The third-order valence-electron chi connectivity index (χ3n) is 5.04. The van der Waals surface area contributed by atoms with Gasteiger partial charge in [-0.05, 0) is 40.5 Å². The van der Waals surface area contributed by atoms with E-state index in [4.69, 9.17) is 5.73 Å². The van der Waals surface area contributed by atoms with E-state index < -0.39 is 0 Å². The number of amides is 2. The summed E-state index contributed by atoms with van der Waals surface area (Å²) in [5, 5.41) is 7.09. The van der Waals surface area contributed by atoms with Crippen LogP contribution >= 0.6 is 0 Å². The summed E-state index contributed by atoms with van der Waals surface area (Å²) in [4.78, 5) is 35.2. The number of carbonyl (C=O) groups excluding carboxylic acids is 2. The van der Waals surface area contributed by atoms with Crippen molar-refractivity contribution < 1.29 is 9.59 Å². The average molecular weight is 373 g/mol. The van der Waals surface area contributed by atoms with Gasteiger partial charge in [-0.3, -0.25) is 9.59 Å². The second kappa shape index (κ2) is 7.50. The van der Waals surface area contributed by atoms with Gasteiger partial charge < -0.3 is 16.0 Å². The van der Waals surface area contributed by atoms with Crippen LogP contribution in [-0.2, 0) is 16.0 Å². The van der Waals surface area contributed by atoms with Crippen LogP contribution in [0.25, 0.3) is 5.78 Å². The number of hydrogen-bond donors (Lipinski definition) is 2. The van der Waals surface area contributed by atoms with Crippen LogP contribution in [0.5, 0.6) is 0 Å². The van der Waals surface area contributed by atoms with E-state index in [1.165, 1.54) is 0 Å². The lowest BCUT2D eigenvalue weighted by Crippen LogP contribution is -2.44. The number of fused-ring (bicyclic) bond motifs is 1. The quantitative estimate of drug-likeness (QED) is 0.811. The highest BCUT2D eigenvalue weighted by molar-refractivity contribution is 5.81. The van der Waals surface area contributed by atoms with Gasteiger partial charge in [0.25, 0.3) is 5.78 Å². The number of nitrogens with zero attached hydrogens (tertiary/aromatic N) is 5. The van der Waals surface area contributed by atoms with Gasteiger partial charge in [-0.2, -0.15) is 9.50 Å². The maximum Gasteiger partial charge on any atom is 0.254 e. The van der Waals surface area contributed by atoms with Crippen LogP contribution < -0.4 is 11.1 Å². The Bertz CT molecular complexity index is 866. The summed E-state index contributed by atoms with van der Waals surface area (Å²) in [6.07, 6.45) is 1.64. The summed E-state index contributed by atoms with van der Waals surface area (Å²) in [5.41, 5.74) is 8.08. The summed E-state index contributed by atoms with van der Waals surface area (Å²) >= 11 is 0. The molecular formula is C18H27N7O2. The van der Waals surface area contributed by atoms with Gasteiger partial charge in [0.05, 0.1) is 6.42 Å². The van der Waals surface area contributed by atoms with Gasteiger partial charge in [0.15, 0.2) is 0 Å². The number of likely N-dealkylation sites (tertiary alicyclic amines) is 1. The molecule has 0 unspecified atom stereocenters. The zero-order valence-corrected chi connectivity index (χ0v) is 16.3. The summed E-state index contributed by atoms with van der Waals surface area (Å²) in [6, 6.07) is 0.136. The first kappa shape index (κ1) is 19.1. The first-order chi connectivity index (χ1) is 12.8. The Hall–Kier alpha value is -2.71. The molecule has 9 heteroatoms. The van der Waals surface area contributed by atoms with Crippen LogP contribution in [0.4, 0.5) is 5.95 Å². The lowest BCUT2D eigenvalue weighted by atomic mass is 9.95. The van der Waals surface area contributed by atoms with Crippen LogP contribution in [-0.4, -0.2) is 55.4 Å². The number of aromatic nitrogens is 4. The molecule has 0 aliphatic carbocycles. The summed E-state index contributed by atoms with van der Waals surface area (Å²) in [7, 11) is 0. The van der Waals surface area contributed by atoms with Crippen molar-refractivity contribution in [3.05, 3.63) is 17.0 Å². The zero-order valence-electron chi connectivity index (χ0n) is 16.3. The summed E-state index contributed by atoms with van der Waals surface area (Å²) < 4.78 is 1.58. The van der Waals surface area contributed by atoms with Gasteiger partial charge in [0.2, 0.25) is 17.8 Å². The van der Waals surface area contributed by atoms with Crippen LogP contribution in [0.15, 0.2) is 0 Å². The minimum absolute atomic E-state index is 0.0175. The predicted octanol–water partition coefficient (Wildman–Crippen LogP) is 0.629. The molecule has 2 aromatic heterocycles. The Morgan fingerprint density at radius 3 is 2.52 bits per heavy atom. The fourth-order valence-corrected chi connectivity index (χ4v) is 3.54. The van der Waals surface area contributed by atoms with Crippen molar-refractivity contribution in [1.29, 1.82) is 0 Å². The van der Waals surface area contributed by atoms with Gasteiger partial charge >= 0.3 is 0 Å². The number of piperidine rings is 1. The highest BCUT2D eigenvalue weighted by Crippen LogP contribution is 2.20. The number of rotatable bonds is 4. The summed E-state index contributed by atoms with van der Waals surface area (Å²) in [6.45, 7) is 8.85. The first-order valence-electron chi connectivity index (χ1n) is 9.32. The third kappa shape index (κ3) is 4.01. The number of hydrogen-bond acceptors (Lipinski definition) is 6. The molecule has 146 valence electrons. The molecule has 1 aliphatic heterocycles. The molecule has 2 amide bonds. The summed E-state index contributed by atoms with van der Waals surface area (Å²) in [5.74, 6) is 0.710. The smallest absolute Gasteiger partial charge is 0.254 e. The van der Waals surface area contributed by atoms with E-state index in [9.17, 15) is 9.59 Å². The normalized spacial score (nSPS) is 15.5. The van der Waals surface area contributed by atoms with Crippen molar-refractivity contribution >= 4 is 23.5 Å². The van der Waals surface area contributed by atoms with Crippen molar-refractivity contribution in [2.45, 2.75) is 53.0 Å². The van der Waals surface area contributed by atoms with Crippen molar-refractivity contribution in [3.8, 4) is 0 Å². The Balaban J connectivity index is 1.67. The second-order valence-corrected chi connectivity index (χ2v) is 7.44. The molecule has 3 rings (SSSR count). The fourth-order valence-electron chi connectivity index (χ4n) is 3.54. The number of carbonyl (C=O) groups is 2. The van der Waals surface area contributed by atoms with Gasteiger partial charge in [0.1, 0.15) is 0 Å². The van der Waals surface area contributed by atoms with E-state index >= 15 is 0 Å². The standard InChI is InChI=1S/C18H27N7O2/c1-10(2)20-16(27)13-5-7-24(8-6-13)15(26)9-14-11(3)21-18-22-17(19)23-25(18)12(14)4/h10,13H,5-9H2,1-4H3,(H2,19,23)(H,20,27). The van der Waals surface area contributed by atoms with Crippen molar-refractivity contribution in [3.63, 3.8) is 0 Å². The molecule has 27 heavy (non-hydrogen) atoms. The molecule has 0 bridgehead atoms. The maximum absolute atomic E-state index is 12.8. The van der Waals surface area contributed by atoms with Crippen LogP contribution in [0.3, 0.4) is 0 Å². The molecule has 1 saturated heterocycles. The van der Waals surface area contributed by atoms with E-state index in [1.54, 1.807) is 4.52 Å². The van der Waals surface area contributed by atoms with Gasteiger partial charge in [-0.25, -0.2) is 4.98 Å². The van der Waals surface area contributed by atoms with E-state index in [0.29, 0.717) is 31.7 Å². The zero-order chi connectivity index (χ0) is 19.7. The second-order valence-electron chi connectivity index (χ2n) is 7.44. The number of nitrogens with one attached hydrogen (secondary N) is 1. The highest BCUT2D eigenvalue weighted by Gasteiger charge is 2.28. The fraction of sp³-hybridized carbons (Fsp3) is 0.611. The largest absolute Gasteiger partial charge is 0.366 e. The molecule has 3 N–H and O–H groups in total. The lowest BCUT2D eigenvalue weighted by molar-refractivity contribution is -0.135. The Kier molecular flexibility index (Phi) is 5.29. The van der Waals surface area contributed by atoms with E-state index in [0.717, 1.165) is 17.0 Å². The Morgan fingerprint density at radius 1 is 1.22 bits per heavy atom. The minimum Gasteiger partial charge on any atom is -0.366 e. The molecule has 0 radical (unpaired) electrons. The topological polar surface area (TPSA) is 119 Å². The maximum atomic E-state index is 12.8. The highest BCUT2D eigenvalue weighted by atomic mass is 16.2. The molecule has 0 atom stereocenters. The van der Waals surface area contributed by atoms with Crippen LogP contribution in [0, 0.1) is 19.8 Å². The van der Waals surface area contributed by atoms with E-state index in [-0.39, 0.29) is 36.1 Å². The molecule has 0 aromatic carbocycles. The SMILES string of the molecule is Cc1nc2nc(N)nn2c(C)c1CC(=O)N1CCC(C(=O)NC(C)C)CC1. The number of nitrogens with two attached hydrogens (primary N) is 1. The molecule has 0 saturated carbocycles. The van der Waals surface area contributed by atoms with Crippen LogP contribution in [0.1, 0.15) is 43.6 Å². The minimum atomic E-state index is -0.0175. The molecule has 2 aromatic rings. The first-order valence-corrected chi connectivity index (χ1v) is 9.32. The lowest BCUT2D eigenvalue weighted by Gasteiger charge is -2.32. The molecule has 1 fully saturated rings. The molecule has 9 nitrogen and oxygen atoms in total. The monoisotopic (exact) mass is 373 g/mol. The van der Waals surface area contributed by atoms with Gasteiger partial charge in [-0.1, -0.05) is 0 Å². The third-order valence-corrected chi connectivity index (χ3v) is 5.04. The molecular weight excluding hydrogens is 346 g/mol. The van der Waals surface area contributed by atoms with Crippen molar-refractivity contribution in [2.24, 2.45) is 5.92 Å². The molecule has 3 heterocycles. The average Bonchev–Trinajstić information content (AvgIpc) is 2.98. The van der Waals surface area contributed by atoms with Crippen LogP contribution in [0.2, 0.25) is 0 Å².